The SMILES string of the molecule is IP(CCCSc1n(Cc2ccc3ccccc3c2)cc[n+]1Cc1ccc2ccccc2c1)(c1ccccc1)(c1ccccc1)c1ccccc1.[I-]. The Kier molecular flexibility index (Phi) is 11.5. The number of hydrogen-bond acceptors (Lipinski definition) is 1. The maximum atomic E-state index is 2.93. The van der Waals surface area contributed by atoms with Crippen LogP contribution in [0.25, 0.3) is 21.5 Å². The smallest absolute Gasteiger partial charge is 1.00 e. The van der Waals surface area contributed by atoms with Gasteiger partial charge in [-0.05, 0) is 0 Å². The van der Waals surface area contributed by atoms with Gasteiger partial charge in [-0.15, -0.1) is 0 Å². The van der Waals surface area contributed by atoms with Crippen molar-refractivity contribution in [3.05, 3.63) is 199 Å². The van der Waals surface area contributed by atoms with Crippen molar-refractivity contribution in [2.75, 3.05) is 11.9 Å². The van der Waals surface area contributed by atoms with E-state index in [-0.39, 0.29) is 24.0 Å². The standard InChI is InChI=1S/C46H41IN2PS.HI/c47-50(43-19-4-1-5-20-43,44-21-6-2-7-22-44,45-23-8-3-9-24-45)31-14-32-51-46-48(35-37-25-27-39-15-10-12-17-41(39)33-37)29-30-49(46)36-38-26-28-40-16-11-13-18-42(40)34-38;/h1-13,15-30,33-34H,14,31-32,35-36H2;1H/q+1;/p-1. The van der Waals surface area contributed by atoms with Gasteiger partial charge in [0.05, 0.1) is 0 Å². The molecule has 2 nitrogen and oxygen atoms in total. The fourth-order valence-electron chi connectivity index (χ4n) is 7.50. The van der Waals surface area contributed by atoms with Crippen molar-refractivity contribution >= 4 is 75.5 Å². The second kappa shape index (κ2) is 16.3. The summed E-state index contributed by atoms with van der Waals surface area (Å²) in [6, 6.07) is 65.0. The van der Waals surface area contributed by atoms with Crippen LogP contribution >= 0.6 is 38.0 Å². The molecule has 0 unspecified atom stereocenters. The zero-order valence-electron chi connectivity index (χ0n) is 28.9. The van der Waals surface area contributed by atoms with E-state index in [0.29, 0.717) is 0 Å². The molecule has 0 radical (unpaired) electrons. The first-order valence-electron chi connectivity index (χ1n) is 17.6. The summed E-state index contributed by atoms with van der Waals surface area (Å²) in [4.78, 5) is 0. The largest absolute Gasteiger partial charge is 1.00 e. The van der Waals surface area contributed by atoms with Crippen molar-refractivity contribution in [1.29, 1.82) is 0 Å². The van der Waals surface area contributed by atoms with Crippen LogP contribution in [0, 0.1) is 0 Å². The average Bonchev–Trinajstić information content (AvgIpc) is 3.57. The van der Waals surface area contributed by atoms with Gasteiger partial charge in [-0.1, -0.05) is 12.1 Å². The van der Waals surface area contributed by atoms with E-state index in [2.05, 4.69) is 219 Å². The first kappa shape index (κ1) is 36.9. The quantitative estimate of drug-likeness (QED) is 0.0405. The van der Waals surface area contributed by atoms with Gasteiger partial charge < -0.3 is 24.0 Å². The summed E-state index contributed by atoms with van der Waals surface area (Å²) in [7, 11) is 0. The first-order valence-corrected chi connectivity index (χ1v) is 23.8. The van der Waals surface area contributed by atoms with E-state index in [0.717, 1.165) is 31.4 Å². The summed E-state index contributed by atoms with van der Waals surface area (Å²) in [6.45, 7) is 1.67. The van der Waals surface area contributed by atoms with Gasteiger partial charge in [0.25, 0.3) is 0 Å². The molecule has 0 aliphatic carbocycles. The first-order chi connectivity index (χ1) is 25.1. The molecule has 7 aromatic carbocycles. The molecule has 8 rings (SSSR count). The second-order valence-corrected chi connectivity index (χ2v) is 25.1. The number of imidazole rings is 1. The molecule has 0 aliphatic heterocycles. The molecule has 0 saturated carbocycles. The average molecular weight is 939 g/mol. The topological polar surface area (TPSA) is 8.81 Å². The molecule has 6 heteroatoms. The van der Waals surface area contributed by atoms with E-state index in [1.807, 2.05) is 11.8 Å². The minimum Gasteiger partial charge on any atom is -1.00 e. The summed E-state index contributed by atoms with van der Waals surface area (Å²) >= 11 is 4.92. The van der Waals surface area contributed by atoms with Gasteiger partial charge in [-0.2, -0.15) is 0 Å². The van der Waals surface area contributed by atoms with E-state index < -0.39 is 4.25 Å². The minimum absolute atomic E-state index is 0. The molecule has 0 fully saturated rings. The molecule has 0 spiro atoms. The monoisotopic (exact) mass is 938 g/mol. The molecule has 0 bridgehead atoms. The van der Waals surface area contributed by atoms with E-state index in [4.69, 9.17) is 0 Å². The maximum absolute atomic E-state index is 2.93. The van der Waals surface area contributed by atoms with Crippen LogP contribution in [0.1, 0.15) is 17.5 Å². The predicted octanol–water partition coefficient (Wildman–Crippen LogP) is 7.54. The molecule has 1 aromatic heterocycles. The van der Waals surface area contributed by atoms with Crippen LogP contribution in [0.3, 0.4) is 0 Å². The number of thioether (sulfide) groups is 1. The third-order valence-corrected chi connectivity index (χ3v) is 23.1. The van der Waals surface area contributed by atoms with Gasteiger partial charge in [0.2, 0.25) is 0 Å². The number of benzene rings is 7. The minimum atomic E-state index is -2.83. The summed E-state index contributed by atoms with van der Waals surface area (Å²) < 4.78 is 2.07. The molecule has 0 aliphatic rings. The Labute approximate surface area is 341 Å². The predicted molar refractivity (Wildman–Crippen MR) is 230 cm³/mol. The summed E-state index contributed by atoms with van der Waals surface area (Å²) in [5.74, 6) is 1.02. The van der Waals surface area contributed by atoms with Crippen molar-refractivity contribution < 1.29 is 28.5 Å². The van der Waals surface area contributed by atoms with E-state index in [9.17, 15) is 0 Å². The van der Waals surface area contributed by atoms with Gasteiger partial charge in [-0.25, -0.2) is 0 Å². The molecule has 0 N–H and O–H groups in total. The van der Waals surface area contributed by atoms with Crippen LogP contribution in [-0.2, 0) is 13.1 Å². The van der Waals surface area contributed by atoms with E-state index in [1.165, 1.54) is 53.7 Å². The van der Waals surface area contributed by atoms with Crippen molar-refractivity contribution in [3.8, 4) is 0 Å². The van der Waals surface area contributed by atoms with Gasteiger partial charge >= 0.3 is 309 Å². The summed E-state index contributed by atoms with van der Waals surface area (Å²) in [5.41, 5.74) is 2.64. The van der Waals surface area contributed by atoms with Crippen molar-refractivity contribution in [2.45, 2.75) is 24.7 Å². The Balaban J connectivity index is 0.00000420. The van der Waals surface area contributed by atoms with E-state index in [1.54, 1.807) is 0 Å². The molecular formula is C46H41I2N2PS. The van der Waals surface area contributed by atoms with Gasteiger partial charge in [-0.3, -0.25) is 0 Å². The van der Waals surface area contributed by atoms with Crippen molar-refractivity contribution in [2.24, 2.45) is 0 Å². The number of hydrogen-bond donors (Lipinski definition) is 0. The summed E-state index contributed by atoms with van der Waals surface area (Å²) in [6.07, 6.45) is 6.72. The third-order valence-electron chi connectivity index (χ3n) is 10.1. The Hall–Kier alpha value is -3.49. The molecule has 52 heavy (non-hydrogen) atoms. The molecule has 0 saturated heterocycles. The Morgan fingerprint density at radius 3 is 1.54 bits per heavy atom. The summed E-state index contributed by atoms with van der Waals surface area (Å²) in [5, 5.41) is 10.8. The molecular weight excluding hydrogens is 897 g/mol. The molecule has 1 heterocycles. The number of rotatable bonds is 12. The Morgan fingerprint density at radius 2 is 1.00 bits per heavy atom. The van der Waals surface area contributed by atoms with Crippen LogP contribution in [0.2, 0.25) is 0 Å². The molecule has 0 amide bonds. The fourth-order valence-corrected chi connectivity index (χ4v) is 17.5. The number of halogens is 2. The number of nitrogens with zero attached hydrogens (tertiary/aromatic N) is 2. The third kappa shape index (κ3) is 7.35. The molecule has 0 atom stereocenters. The van der Waals surface area contributed by atoms with Crippen LogP contribution in [0.4, 0.5) is 0 Å². The van der Waals surface area contributed by atoms with Gasteiger partial charge in [0, 0.05) is 0 Å². The Bertz CT molecular complexity index is 2220. The fraction of sp³-hybridized carbons (Fsp3) is 0.109. The van der Waals surface area contributed by atoms with Crippen LogP contribution in [0.5, 0.6) is 0 Å². The maximum Gasteiger partial charge on any atom is -1.00 e. The number of fused-ring (bicyclic) bond motifs is 2. The zero-order chi connectivity index (χ0) is 34.5. The van der Waals surface area contributed by atoms with Gasteiger partial charge in [0.15, 0.2) is 0 Å². The molecule has 260 valence electrons. The Morgan fingerprint density at radius 1 is 0.538 bits per heavy atom. The van der Waals surface area contributed by atoms with Crippen molar-refractivity contribution in [1.82, 2.24) is 4.57 Å². The van der Waals surface area contributed by atoms with Gasteiger partial charge in [0.1, 0.15) is 0 Å². The van der Waals surface area contributed by atoms with Crippen LogP contribution in [-0.4, -0.2) is 16.5 Å². The number of aromatic nitrogens is 2. The van der Waals surface area contributed by atoms with Crippen LogP contribution in [0.15, 0.2) is 193 Å². The van der Waals surface area contributed by atoms with E-state index >= 15 is 0 Å². The van der Waals surface area contributed by atoms with Crippen molar-refractivity contribution in [3.63, 3.8) is 0 Å². The molecule has 8 aromatic rings. The van der Waals surface area contributed by atoms with Crippen LogP contribution < -0.4 is 44.5 Å². The normalized spacial score (nSPS) is 12.3. The zero-order valence-corrected chi connectivity index (χ0v) is 35.0. The second-order valence-electron chi connectivity index (χ2n) is 13.3.